The second-order valence-electron chi connectivity index (χ2n) is 1.10. The fraction of sp³-hybridized carbons (Fsp3) is 1.00. The van der Waals surface area contributed by atoms with Crippen LogP contribution in [0.15, 0.2) is 0 Å². The van der Waals surface area contributed by atoms with Crippen LogP contribution in [0.4, 0.5) is 4.39 Å². The minimum Gasteiger partial charge on any atom is -0.395 e. The van der Waals surface area contributed by atoms with Crippen LogP contribution in [0.5, 0.6) is 0 Å². The number of hydrogen-bond acceptors (Lipinski definition) is 2. The molecule has 0 rings (SSSR count). The summed E-state index contributed by atoms with van der Waals surface area (Å²) in [6, 6.07) is -0.676. The van der Waals surface area contributed by atoms with Gasteiger partial charge in [0.25, 0.3) is 0 Å². The molecule has 0 bridgehead atoms. The van der Waals surface area contributed by atoms with Crippen LogP contribution in [-0.2, 0) is 0 Å². The molecule has 0 aromatic rings. The summed E-state index contributed by atoms with van der Waals surface area (Å²) in [5.41, 5.74) is 4.85. The Labute approximate surface area is 47.9 Å². The van der Waals surface area contributed by atoms with Crippen LogP contribution in [0.1, 0.15) is 0 Å². The molecule has 0 heterocycles. The Hall–Kier alpha value is 0.140. The quantitative estimate of drug-likeness (QED) is 0.538. The van der Waals surface area contributed by atoms with E-state index < -0.39 is 12.7 Å². The number of alkyl halides is 1. The molecule has 2 nitrogen and oxygen atoms in total. The van der Waals surface area contributed by atoms with Gasteiger partial charge in [0.15, 0.2) is 0 Å². The molecule has 46 valence electrons. The van der Waals surface area contributed by atoms with Crippen LogP contribution in [0, 0.1) is 0 Å². The second-order valence-corrected chi connectivity index (χ2v) is 1.10. The van der Waals surface area contributed by atoms with Crippen LogP contribution in [0.2, 0.25) is 0 Å². The highest BCUT2D eigenvalue weighted by atomic mass is 35.5. The van der Waals surface area contributed by atoms with E-state index in [-0.39, 0.29) is 19.0 Å². The minimum atomic E-state index is -0.676. The van der Waals surface area contributed by atoms with Crippen LogP contribution in [0.3, 0.4) is 0 Å². The molecule has 0 radical (unpaired) electrons. The lowest BCUT2D eigenvalue weighted by molar-refractivity contribution is 0.242. The standard InChI is InChI=1S/C3H8FNO.ClH/c4-1-3(5)2-6;/h3,6H,1-2,5H2;1H/t3-;/m1./s1. The molecule has 0 aliphatic carbocycles. The molecule has 0 aliphatic rings. The highest BCUT2D eigenvalue weighted by Crippen LogP contribution is 1.73. The van der Waals surface area contributed by atoms with Gasteiger partial charge >= 0.3 is 0 Å². The van der Waals surface area contributed by atoms with Crippen molar-refractivity contribution in [3.63, 3.8) is 0 Å². The zero-order valence-electron chi connectivity index (χ0n) is 3.80. The molecule has 0 aromatic heterocycles. The first kappa shape index (κ1) is 10.2. The summed E-state index contributed by atoms with van der Waals surface area (Å²) in [5, 5.41) is 7.97. The van der Waals surface area contributed by atoms with Crippen LogP contribution < -0.4 is 5.73 Å². The molecule has 0 aliphatic heterocycles. The Bertz CT molecular complexity index is 34.1. The molecule has 4 heteroatoms. The molecule has 0 unspecified atom stereocenters. The van der Waals surface area contributed by atoms with E-state index in [0.717, 1.165) is 0 Å². The zero-order valence-corrected chi connectivity index (χ0v) is 4.62. The minimum absolute atomic E-state index is 0. The molecular weight excluding hydrogens is 120 g/mol. The van der Waals surface area contributed by atoms with Crippen LogP contribution in [0.25, 0.3) is 0 Å². The predicted molar refractivity (Wildman–Crippen MR) is 28.3 cm³/mol. The van der Waals surface area contributed by atoms with Crippen molar-refractivity contribution in [3.05, 3.63) is 0 Å². The summed E-state index contributed by atoms with van der Waals surface area (Å²) in [5.74, 6) is 0. The fourth-order valence-corrected chi connectivity index (χ4v) is 0.0488. The number of halogens is 2. The number of hydrogen-bond donors (Lipinski definition) is 2. The SMILES string of the molecule is Cl.N[C@@H](CO)CF. The molecule has 0 saturated carbocycles. The van der Waals surface area contributed by atoms with Crippen LogP contribution in [-0.4, -0.2) is 24.4 Å². The van der Waals surface area contributed by atoms with Crippen molar-refractivity contribution in [2.45, 2.75) is 6.04 Å². The van der Waals surface area contributed by atoms with Crippen molar-refractivity contribution in [1.29, 1.82) is 0 Å². The van der Waals surface area contributed by atoms with E-state index in [1.54, 1.807) is 0 Å². The highest BCUT2D eigenvalue weighted by Gasteiger charge is 1.93. The number of nitrogens with two attached hydrogens (primary N) is 1. The van der Waals surface area contributed by atoms with Crippen molar-refractivity contribution < 1.29 is 9.50 Å². The molecule has 0 spiro atoms. The average Bonchev–Trinajstić information content (AvgIpc) is 1.65. The first-order chi connectivity index (χ1) is 2.81. The maximum Gasteiger partial charge on any atom is 0.107 e. The topological polar surface area (TPSA) is 46.2 Å². The molecule has 7 heavy (non-hydrogen) atoms. The lowest BCUT2D eigenvalue weighted by Gasteiger charge is -1.96. The second kappa shape index (κ2) is 6.14. The Kier molecular flexibility index (Phi) is 8.94. The van der Waals surface area contributed by atoms with Gasteiger partial charge in [-0.25, -0.2) is 4.39 Å². The Balaban J connectivity index is 0. The van der Waals surface area contributed by atoms with Crippen molar-refractivity contribution in [2.24, 2.45) is 5.73 Å². The third-order valence-electron chi connectivity index (χ3n) is 0.433. The van der Waals surface area contributed by atoms with Crippen molar-refractivity contribution in [3.8, 4) is 0 Å². The summed E-state index contributed by atoms with van der Waals surface area (Å²) >= 11 is 0. The van der Waals surface area contributed by atoms with Gasteiger partial charge in [0.2, 0.25) is 0 Å². The molecule has 0 saturated heterocycles. The largest absolute Gasteiger partial charge is 0.395 e. The zero-order chi connectivity index (χ0) is 4.99. The van der Waals surface area contributed by atoms with E-state index >= 15 is 0 Å². The van der Waals surface area contributed by atoms with Gasteiger partial charge in [0.05, 0.1) is 12.6 Å². The van der Waals surface area contributed by atoms with Gasteiger partial charge in [-0.2, -0.15) is 0 Å². The first-order valence-corrected chi connectivity index (χ1v) is 1.73. The van der Waals surface area contributed by atoms with Gasteiger partial charge in [0, 0.05) is 0 Å². The highest BCUT2D eigenvalue weighted by molar-refractivity contribution is 5.85. The van der Waals surface area contributed by atoms with E-state index in [4.69, 9.17) is 10.8 Å². The third-order valence-corrected chi connectivity index (χ3v) is 0.433. The van der Waals surface area contributed by atoms with Gasteiger partial charge in [-0.05, 0) is 0 Å². The van der Waals surface area contributed by atoms with E-state index in [9.17, 15) is 4.39 Å². The van der Waals surface area contributed by atoms with Gasteiger partial charge in [-0.3, -0.25) is 0 Å². The lowest BCUT2D eigenvalue weighted by atomic mass is 10.4. The molecule has 1 atom stereocenters. The molecule has 0 aromatic carbocycles. The summed E-state index contributed by atoms with van der Waals surface area (Å²) in [6.07, 6.45) is 0. The lowest BCUT2D eigenvalue weighted by Crippen LogP contribution is -2.26. The van der Waals surface area contributed by atoms with Crippen LogP contribution >= 0.6 is 12.4 Å². The fourth-order valence-electron chi connectivity index (χ4n) is 0.0488. The molecule has 0 amide bonds. The summed E-state index contributed by atoms with van der Waals surface area (Å²) in [6.45, 7) is -0.910. The number of aliphatic hydroxyl groups is 1. The smallest absolute Gasteiger partial charge is 0.107 e. The average molecular weight is 130 g/mol. The van der Waals surface area contributed by atoms with E-state index in [0.29, 0.717) is 0 Å². The summed E-state index contributed by atoms with van der Waals surface area (Å²) < 4.78 is 11.1. The maximum atomic E-state index is 11.1. The van der Waals surface area contributed by atoms with Gasteiger partial charge in [0.1, 0.15) is 6.67 Å². The summed E-state index contributed by atoms with van der Waals surface area (Å²) in [7, 11) is 0. The summed E-state index contributed by atoms with van der Waals surface area (Å²) in [4.78, 5) is 0. The maximum absolute atomic E-state index is 11.1. The molecule has 3 N–H and O–H groups in total. The Morgan fingerprint density at radius 2 is 2.14 bits per heavy atom. The van der Waals surface area contributed by atoms with E-state index in [1.807, 2.05) is 0 Å². The van der Waals surface area contributed by atoms with Crippen molar-refractivity contribution >= 4 is 12.4 Å². The molecule has 0 fully saturated rings. The Morgan fingerprint density at radius 1 is 1.71 bits per heavy atom. The molecular formula is C3H9ClFNO. The monoisotopic (exact) mass is 129 g/mol. The predicted octanol–water partition coefficient (Wildman–Crippen LogP) is -0.303. The van der Waals surface area contributed by atoms with Gasteiger partial charge in [-0.1, -0.05) is 0 Å². The van der Waals surface area contributed by atoms with Gasteiger partial charge in [-0.15, -0.1) is 12.4 Å². The number of aliphatic hydroxyl groups excluding tert-OH is 1. The third kappa shape index (κ3) is 6.14. The number of rotatable bonds is 2. The van der Waals surface area contributed by atoms with E-state index in [1.165, 1.54) is 0 Å². The van der Waals surface area contributed by atoms with Gasteiger partial charge < -0.3 is 10.8 Å². The van der Waals surface area contributed by atoms with E-state index in [2.05, 4.69) is 0 Å². The van der Waals surface area contributed by atoms with Crippen molar-refractivity contribution in [1.82, 2.24) is 0 Å². The Morgan fingerprint density at radius 3 is 2.14 bits per heavy atom. The van der Waals surface area contributed by atoms with Crippen molar-refractivity contribution in [2.75, 3.05) is 13.3 Å². The normalized spacial score (nSPS) is 12.4. The first-order valence-electron chi connectivity index (χ1n) is 1.73.